The van der Waals surface area contributed by atoms with Crippen molar-refractivity contribution in [1.29, 1.82) is 0 Å². The van der Waals surface area contributed by atoms with Crippen molar-refractivity contribution in [2.45, 2.75) is 19.8 Å². The molecule has 0 aliphatic carbocycles. The van der Waals surface area contributed by atoms with Crippen LogP contribution in [0.3, 0.4) is 0 Å². The lowest BCUT2D eigenvalue weighted by Gasteiger charge is -2.10. The van der Waals surface area contributed by atoms with Gasteiger partial charge in [-0.05, 0) is 22.8 Å². The van der Waals surface area contributed by atoms with Gasteiger partial charge in [0.2, 0.25) is 5.82 Å². The van der Waals surface area contributed by atoms with E-state index in [4.69, 9.17) is 0 Å². The lowest BCUT2D eigenvalue weighted by atomic mass is 10.0. The van der Waals surface area contributed by atoms with Gasteiger partial charge >= 0.3 is 0 Å². The van der Waals surface area contributed by atoms with Crippen LogP contribution in [0, 0.1) is 0 Å². The molecule has 0 amide bonds. The van der Waals surface area contributed by atoms with Crippen LogP contribution in [0.15, 0.2) is 54.6 Å². The fourth-order valence-corrected chi connectivity index (χ4v) is 2.18. The topological polar surface area (TPSA) is 43.6 Å². The maximum Gasteiger partial charge on any atom is 0.205 e. The van der Waals surface area contributed by atoms with Gasteiger partial charge in [0.1, 0.15) is 0 Å². The number of tetrazole rings is 1. The maximum atomic E-state index is 4.49. The molecule has 4 nitrogen and oxygen atoms in total. The zero-order chi connectivity index (χ0) is 13.9. The van der Waals surface area contributed by atoms with E-state index in [-0.39, 0.29) is 0 Å². The first-order chi connectivity index (χ1) is 9.75. The molecule has 1 aromatic heterocycles. The van der Waals surface area contributed by atoms with Gasteiger partial charge in [0.15, 0.2) is 0 Å². The van der Waals surface area contributed by atoms with E-state index in [2.05, 4.69) is 35.3 Å². The van der Waals surface area contributed by atoms with E-state index in [1.54, 1.807) is 4.80 Å². The third kappa shape index (κ3) is 2.32. The molecule has 0 aliphatic heterocycles. The second kappa shape index (κ2) is 5.25. The first kappa shape index (κ1) is 12.5. The molecule has 2 aromatic carbocycles. The van der Waals surface area contributed by atoms with Crippen LogP contribution in [0.25, 0.3) is 17.1 Å². The van der Waals surface area contributed by atoms with Crippen molar-refractivity contribution in [2.75, 3.05) is 0 Å². The molecule has 20 heavy (non-hydrogen) atoms. The Balaban J connectivity index is 2.03. The lowest BCUT2D eigenvalue weighted by molar-refractivity contribution is 0.701. The molecule has 0 fully saturated rings. The molecule has 100 valence electrons. The molecule has 0 atom stereocenters. The summed E-state index contributed by atoms with van der Waals surface area (Å²) in [5, 5.41) is 12.8. The average molecular weight is 264 g/mol. The van der Waals surface area contributed by atoms with E-state index in [9.17, 15) is 0 Å². The van der Waals surface area contributed by atoms with Gasteiger partial charge < -0.3 is 0 Å². The standard InChI is InChI=1S/C16H16N4/c1-12(2)14-10-6-7-11-15(14)20-18-16(17-19-20)13-8-4-3-5-9-13/h3-12H,1-2H3. The lowest BCUT2D eigenvalue weighted by Crippen LogP contribution is -2.04. The summed E-state index contributed by atoms with van der Waals surface area (Å²) in [6.07, 6.45) is 0. The van der Waals surface area contributed by atoms with Crippen LogP contribution in [-0.4, -0.2) is 20.2 Å². The van der Waals surface area contributed by atoms with Crippen LogP contribution in [0.5, 0.6) is 0 Å². The number of para-hydroxylation sites is 1. The fraction of sp³-hybridized carbons (Fsp3) is 0.188. The van der Waals surface area contributed by atoms with E-state index < -0.39 is 0 Å². The molecule has 1 heterocycles. The molecule has 0 saturated carbocycles. The number of aromatic nitrogens is 4. The second-order valence-electron chi connectivity index (χ2n) is 4.98. The predicted octanol–water partition coefficient (Wildman–Crippen LogP) is 3.45. The molecule has 0 aliphatic rings. The summed E-state index contributed by atoms with van der Waals surface area (Å²) >= 11 is 0. The largest absolute Gasteiger partial charge is 0.205 e. The molecular weight excluding hydrogens is 248 g/mol. The van der Waals surface area contributed by atoms with E-state index >= 15 is 0 Å². The zero-order valence-corrected chi connectivity index (χ0v) is 11.6. The van der Waals surface area contributed by atoms with Crippen LogP contribution in [0.1, 0.15) is 25.3 Å². The van der Waals surface area contributed by atoms with E-state index in [1.165, 1.54) is 5.56 Å². The van der Waals surface area contributed by atoms with Gasteiger partial charge in [0.05, 0.1) is 5.69 Å². The number of nitrogens with zero attached hydrogens (tertiary/aromatic N) is 4. The van der Waals surface area contributed by atoms with Crippen LogP contribution < -0.4 is 0 Å². The van der Waals surface area contributed by atoms with Crippen molar-refractivity contribution >= 4 is 0 Å². The normalized spacial score (nSPS) is 10.9. The van der Waals surface area contributed by atoms with E-state index in [0.29, 0.717) is 11.7 Å². The predicted molar refractivity (Wildman–Crippen MR) is 78.7 cm³/mol. The summed E-state index contributed by atoms with van der Waals surface area (Å²) in [7, 11) is 0. The Bertz CT molecular complexity index is 701. The van der Waals surface area contributed by atoms with Gasteiger partial charge in [0.25, 0.3) is 0 Å². The van der Waals surface area contributed by atoms with Gasteiger partial charge in [-0.2, -0.15) is 0 Å². The molecule has 0 bridgehead atoms. The van der Waals surface area contributed by atoms with Crippen molar-refractivity contribution in [3.63, 3.8) is 0 Å². The highest BCUT2D eigenvalue weighted by Gasteiger charge is 2.11. The molecule has 3 rings (SSSR count). The summed E-state index contributed by atoms with van der Waals surface area (Å²) in [6, 6.07) is 18.0. The summed E-state index contributed by atoms with van der Waals surface area (Å²) in [6.45, 7) is 4.32. The first-order valence-electron chi connectivity index (χ1n) is 6.70. The molecule has 3 aromatic rings. The van der Waals surface area contributed by atoms with Gasteiger partial charge in [-0.15, -0.1) is 15.0 Å². The number of rotatable bonds is 3. The Hall–Kier alpha value is -2.49. The third-order valence-corrected chi connectivity index (χ3v) is 3.22. The van der Waals surface area contributed by atoms with E-state index in [0.717, 1.165) is 11.3 Å². The molecule has 4 heteroatoms. The molecule has 0 saturated heterocycles. The highest BCUT2D eigenvalue weighted by Crippen LogP contribution is 2.22. The van der Waals surface area contributed by atoms with Crippen LogP contribution in [-0.2, 0) is 0 Å². The SMILES string of the molecule is CC(C)c1ccccc1-n1nnc(-c2ccccc2)n1. The van der Waals surface area contributed by atoms with Crippen molar-refractivity contribution in [2.24, 2.45) is 0 Å². The number of hydrogen-bond donors (Lipinski definition) is 0. The minimum absolute atomic E-state index is 0.414. The highest BCUT2D eigenvalue weighted by molar-refractivity contribution is 5.53. The Labute approximate surface area is 118 Å². The van der Waals surface area contributed by atoms with E-state index in [1.807, 2.05) is 48.5 Å². The molecule has 0 spiro atoms. The molecular formula is C16H16N4. The molecule has 0 N–H and O–H groups in total. The maximum absolute atomic E-state index is 4.49. The van der Waals surface area contributed by atoms with Crippen LogP contribution in [0.2, 0.25) is 0 Å². The quantitative estimate of drug-likeness (QED) is 0.727. The third-order valence-electron chi connectivity index (χ3n) is 3.22. The Kier molecular flexibility index (Phi) is 3.29. The fourth-order valence-electron chi connectivity index (χ4n) is 2.18. The Morgan fingerprint density at radius 3 is 2.35 bits per heavy atom. The molecule has 0 radical (unpaired) electrons. The smallest absolute Gasteiger partial charge is 0.130 e. The van der Waals surface area contributed by atoms with Crippen molar-refractivity contribution in [1.82, 2.24) is 20.2 Å². The van der Waals surface area contributed by atoms with Crippen LogP contribution >= 0.6 is 0 Å². The van der Waals surface area contributed by atoms with Crippen molar-refractivity contribution in [3.05, 3.63) is 60.2 Å². The average Bonchev–Trinajstić information content (AvgIpc) is 2.98. The Morgan fingerprint density at radius 2 is 1.60 bits per heavy atom. The summed E-state index contributed by atoms with van der Waals surface area (Å²) in [5.41, 5.74) is 3.17. The van der Waals surface area contributed by atoms with Gasteiger partial charge in [-0.1, -0.05) is 62.4 Å². The van der Waals surface area contributed by atoms with Crippen molar-refractivity contribution < 1.29 is 0 Å². The first-order valence-corrected chi connectivity index (χ1v) is 6.70. The van der Waals surface area contributed by atoms with Crippen molar-refractivity contribution in [3.8, 4) is 17.1 Å². The summed E-state index contributed by atoms with van der Waals surface area (Å²) < 4.78 is 0. The highest BCUT2D eigenvalue weighted by atomic mass is 15.6. The zero-order valence-electron chi connectivity index (χ0n) is 11.6. The minimum Gasteiger partial charge on any atom is -0.130 e. The van der Waals surface area contributed by atoms with Gasteiger partial charge in [-0.25, -0.2) is 0 Å². The summed E-state index contributed by atoms with van der Waals surface area (Å²) in [4.78, 5) is 1.61. The summed E-state index contributed by atoms with van der Waals surface area (Å²) in [5.74, 6) is 1.06. The number of benzene rings is 2. The number of hydrogen-bond acceptors (Lipinski definition) is 3. The Morgan fingerprint density at radius 1 is 0.900 bits per heavy atom. The second-order valence-corrected chi connectivity index (χ2v) is 4.98. The molecule has 0 unspecified atom stereocenters. The monoisotopic (exact) mass is 264 g/mol. The van der Waals surface area contributed by atoms with Gasteiger partial charge in [0, 0.05) is 5.56 Å². The van der Waals surface area contributed by atoms with Gasteiger partial charge in [-0.3, -0.25) is 0 Å². The minimum atomic E-state index is 0.414. The van der Waals surface area contributed by atoms with Crippen LogP contribution in [0.4, 0.5) is 0 Å².